The average Bonchev–Trinajstić information content (AvgIpc) is 2.56. The molecule has 0 radical (unpaired) electrons. The second-order valence-corrected chi connectivity index (χ2v) is 5.49. The molecule has 2 aromatic carbocycles. The molecule has 3 rings (SSSR count). The summed E-state index contributed by atoms with van der Waals surface area (Å²) in [5, 5.41) is 13.8. The van der Waals surface area contributed by atoms with Crippen LogP contribution in [-0.2, 0) is 6.42 Å². The number of anilines is 1. The number of hydrogen-bond acceptors (Lipinski definition) is 2. The molecule has 0 saturated carbocycles. The van der Waals surface area contributed by atoms with E-state index in [4.69, 9.17) is 11.6 Å². The van der Waals surface area contributed by atoms with Crippen LogP contribution in [0.1, 0.15) is 23.6 Å². The van der Waals surface area contributed by atoms with E-state index in [1.807, 2.05) is 24.3 Å². The lowest BCUT2D eigenvalue weighted by Crippen LogP contribution is -2.17. The van der Waals surface area contributed by atoms with Crippen LogP contribution in [0.3, 0.4) is 0 Å². The normalized spacial score (nSPS) is 21.8. The van der Waals surface area contributed by atoms with Gasteiger partial charge in [-0.1, -0.05) is 35.9 Å². The van der Waals surface area contributed by atoms with E-state index in [0.717, 1.165) is 11.3 Å². The standard InChI is InChI=1S/C16H15ClFNO/c17-12-5-3-6-13(18)16(12)15-9-11(20)8-10-4-1-2-7-14(10)19-15/h1-7,11,15,19-20H,8-9H2/t11-,15+/m1/s1. The maximum Gasteiger partial charge on any atom is 0.129 e. The van der Waals surface area contributed by atoms with Gasteiger partial charge < -0.3 is 10.4 Å². The minimum Gasteiger partial charge on any atom is -0.393 e. The first-order valence-electron chi connectivity index (χ1n) is 6.61. The fourth-order valence-electron chi connectivity index (χ4n) is 2.73. The van der Waals surface area contributed by atoms with Crippen molar-refractivity contribution < 1.29 is 9.50 Å². The Kier molecular flexibility index (Phi) is 3.64. The van der Waals surface area contributed by atoms with Gasteiger partial charge in [0.1, 0.15) is 5.82 Å². The molecule has 0 aromatic heterocycles. The van der Waals surface area contributed by atoms with Crippen molar-refractivity contribution in [1.29, 1.82) is 0 Å². The monoisotopic (exact) mass is 291 g/mol. The summed E-state index contributed by atoms with van der Waals surface area (Å²) in [6.45, 7) is 0. The summed E-state index contributed by atoms with van der Waals surface area (Å²) in [4.78, 5) is 0. The predicted molar refractivity (Wildman–Crippen MR) is 78.5 cm³/mol. The third kappa shape index (κ3) is 2.51. The summed E-state index contributed by atoms with van der Waals surface area (Å²) in [5.74, 6) is -0.346. The maximum absolute atomic E-state index is 14.1. The summed E-state index contributed by atoms with van der Waals surface area (Å²) < 4.78 is 14.1. The average molecular weight is 292 g/mol. The second kappa shape index (κ2) is 5.43. The Balaban J connectivity index is 2.03. The van der Waals surface area contributed by atoms with Gasteiger partial charge >= 0.3 is 0 Å². The Labute approximate surface area is 122 Å². The van der Waals surface area contributed by atoms with Crippen LogP contribution in [0.4, 0.5) is 10.1 Å². The lowest BCUT2D eigenvalue weighted by atomic mass is 9.99. The highest BCUT2D eigenvalue weighted by Crippen LogP contribution is 2.35. The van der Waals surface area contributed by atoms with Crippen molar-refractivity contribution in [2.75, 3.05) is 5.32 Å². The summed E-state index contributed by atoms with van der Waals surface area (Å²) >= 11 is 6.13. The molecule has 0 spiro atoms. The van der Waals surface area contributed by atoms with Crippen molar-refractivity contribution in [3.8, 4) is 0 Å². The summed E-state index contributed by atoms with van der Waals surface area (Å²) in [5.41, 5.74) is 2.38. The number of halogens is 2. The second-order valence-electron chi connectivity index (χ2n) is 5.08. The van der Waals surface area contributed by atoms with Crippen LogP contribution in [0, 0.1) is 5.82 Å². The van der Waals surface area contributed by atoms with Gasteiger partial charge in [0.05, 0.1) is 12.1 Å². The largest absolute Gasteiger partial charge is 0.393 e. The van der Waals surface area contributed by atoms with Crippen LogP contribution in [0.15, 0.2) is 42.5 Å². The molecule has 2 nitrogen and oxygen atoms in total. The molecule has 2 N–H and O–H groups in total. The summed E-state index contributed by atoms with van der Waals surface area (Å²) in [7, 11) is 0. The lowest BCUT2D eigenvalue weighted by molar-refractivity contribution is 0.160. The zero-order chi connectivity index (χ0) is 14.1. The number of rotatable bonds is 1. The number of nitrogens with one attached hydrogen (secondary N) is 1. The van der Waals surface area contributed by atoms with Gasteiger partial charge in [-0.25, -0.2) is 4.39 Å². The fraction of sp³-hybridized carbons (Fsp3) is 0.250. The Bertz CT molecular complexity index is 611. The van der Waals surface area contributed by atoms with Crippen molar-refractivity contribution in [1.82, 2.24) is 0 Å². The lowest BCUT2D eigenvalue weighted by Gasteiger charge is -2.21. The smallest absolute Gasteiger partial charge is 0.129 e. The molecule has 2 atom stereocenters. The van der Waals surface area contributed by atoms with Gasteiger partial charge in [0.2, 0.25) is 0 Å². The van der Waals surface area contributed by atoms with E-state index in [1.165, 1.54) is 6.07 Å². The van der Waals surface area contributed by atoms with E-state index < -0.39 is 6.10 Å². The molecule has 0 amide bonds. The van der Waals surface area contributed by atoms with E-state index in [0.29, 0.717) is 23.4 Å². The quantitative estimate of drug-likeness (QED) is 0.834. The Morgan fingerprint density at radius 1 is 1.15 bits per heavy atom. The minimum absolute atomic E-state index is 0.331. The van der Waals surface area contributed by atoms with Gasteiger partial charge in [0.25, 0.3) is 0 Å². The SMILES string of the molecule is O[C@@H]1Cc2ccccc2N[C@H](c2c(F)cccc2Cl)C1. The number of para-hydroxylation sites is 1. The number of aliphatic hydroxyl groups excluding tert-OH is 1. The van der Waals surface area contributed by atoms with Gasteiger partial charge in [-0.15, -0.1) is 0 Å². The topological polar surface area (TPSA) is 32.3 Å². The van der Waals surface area contributed by atoms with Gasteiger partial charge in [-0.3, -0.25) is 0 Å². The van der Waals surface area contributed by atoms with Gasteiger partial charge in [-0.05, 0) is 30.2 Å². The van der Waals surface area contributed by atoms with Crippen LogP contribution in [0.25, 0.3) is 0 Å². The molecule has 1 aliphatic heterocycles. The van der Waals surface area contributed by atoms with Gasteiger partial charge in [0.15, 0.2) is 0 Å². The zero-order valence-electron chi connectivity index (χ0n) is 10.8. The first-order valence-corrected chi connectivity index (χ1v) is 6.99. The molecule has 0 bridgehead atoms. The summed E-state index contributed by atoms with van der Waals surface area (Å²) in [6.07, 6.45) is 0.466. The molecular formula is C16H15ClFNO. The first kappa shape index (κ1) is 13.4. The van der Waals surface area contributed by atoms with Crippen molar-refractivity contribution in [2.45, 2.75) is 25.0 Å². The minimum atomic E-state index is -0.521. The fourth-order valence-corrected chi connectivity index (χ4v) is 3.02. The van der Waals surface area contributed by atoms with Gasteiger partial charge in [0, 0.05) is 22.7 Å². The highest BCUT2D eigenvalue weighted by atomic mass is 35.5. The molecule has 4 heteroatoms. The molecule has 0 aliphatic carbocycles. The van der Waals surface area contributed by atoms with Crippen molar-refractivity contribution >= 4 is 17.3 Å². The molecular weight excluding hydrogens is 277 g/mol. The Hall–Kier alpha value is -1.58. The van der Waals surface area contributed by atoms with E-state index >= 15 is 0 Å². The molecule has 2 aromatic rings. The molecule has 1 heterocycles. The molecule has 20 heavy (non-hydrogen) atoms. The molecule has 104 valence electrons. The van der Waals surface area contributed by atoms with E-state index in [9.17, 15) is 9.50 Å². The summed E-state index contributed by atoms with van der Waals surface area (Å²) in [6, 6.07) is 12.1. The van der Waals surface area contributed by atoms with Crippen LogP contribution < -0.4 is 5.32 Å². The van der Waals surface area contributed by atoms with Gasteiger partial charge in [-0.2, -0.15) is 0 Å². The Morgan fingerprint density at radius 2 is 1.95 bits per heavy atom. The van der Waals surface area contributed by atoms with Crippen LogP contribution in [0.5, 0.6) is 0 Å². The van der Waals surface area contributed by atoms with E-state index in [-0.39, 0.29) is 11.9 Å². The first-order chi connectivity index (χ1) is 9.65. The predicted octanol–water partition coefficient (Wildman–Crippen LogP) is 3.94. The highest BCUT2D eigenvalue weighted by Gasteiger charge is 2.26. The maximum atomic E-state index is 14.1. The van der Waals surface area contributed by atoms with Crippen LogP contribution in [0.2, 0.25) is 5.02 Å². The molecule has 1 aliphatic rings. The number of fused-ring (bicyclic) bond motifs is 1. The zero-order valence-corrected chi connectivity index (χ0v) is 11.6. The van der Waals surface area contributed by atoms with Crippen molar-refractivity contribution in [3.63, 3.8) is 0 Å². The number of aliphatic hydroxyl groups is 1. The van der Waals surface area contributed by atoms with Crippen LogP contribution in [-0.4, -0.2) is 11.2 Å². The van der Waals surface area contributed by atoms with Crippen LogP contribution >= 0.6 is 11.6 Å². The van der Waals surface area contributed by atoms with Crippen molar-refractivity contribution in [2.24, 2.45) is 0 Å². The highest BCUT2D eigenvalue weighted by molar-refractivity contribution is 6.31. The molecule has 0 saturated heterocycles. The molecule has 0 unspecified atom stereocenters. The number of benzene rings is 2. The molecule has 0 fully saturated rings. The Morgan fingerprint density at radius 3 is 2.75 bits per heavy atom. The number of hydrogen-bond donors (Lipinski definition) is 2. The third-order valence-electron chi connectivity index (χ3n) is 3.66. The van der Waals surface area contributed by atoms with E-state index in [1.54, 1.807) is 12.1 Å². The third-order valence-corrected chi connectivity index (χ3v) is 3.99. The van der Waals surface area contributed by atoms with Crippen molar-refractivity contribution in [3.05, 3.63) is 64.4 Å². The van der Waals surface area contributed by atoms with E-state index in [2.05, 4.69) is 5.32 Å².